The van der Waals surface area contributed by atoms with Gasteiger partial charge in [-0.05, 0) is 49.5 Å². The third kappa shape index (κ3) is 22.7. The second-order valence-electron chi connectivity index (χ2n) is 18.2. The van der Waals surface area contributed by atoms with Crippen LogP contribution in [0.15, 0.2) is 30.3 Å². The maximum absolute atomic E-state index is 14.2. The third-order valence-corrected chi connectivity index (χ3v) is 11.2. The molecular formula is C46H73N11O15. The minimum atomic E-state index is -1.71. The van der Waals surface area contributed by atoms with Crippen LogP contribution in [0.1, 0.15) is 99.0 Å². The van der Waals surface area contributed by atoms with E-state index in [2.05, 4.69) is 42.5 Å². The summed E-state index contributed by atoms with van der Waals surface area (Å²) in [5.74, 6) is -13.6. The Hall–Kier alpha value is -7.22. The van der Waals surface area contributed by atoms with Gasteiger partial charge in [0.15, 0.2) is 0 Å². The van der Waals surface area contributed by atoms with Crippen LogP contribution in [0.25, 0.3) is 0 Å². The molecule has 10 amide bonds. The lowest BCUT2D eigenvalue weighted by atomic mass is 9.96. The number of hydrogen-bond acceptors (Lipinski definition) is 14. The van der Waals surface area contributed by atoms with Gasteiger partial charge in [-0.1, -0.05) is 78.3 Å². The molecule has 26 heteroatoms. The maximum atomic E-state index is 14.2. The summed E-state index contributed by atoms with van der Waals surface area (Å²) in [5, 5.41) is 48.7. The van der Waals surface area contributed by atoms with E-state index < -0.39 is 176 Å². The summed E-state index contributed by atoms with van der Waals surface area (Å²) in [6, 6.07) is -4.97. The number of nitrogens with one attached hydrogen (secondary N) is 8. The van der Waals surface area contributed by atoms with Crippen LogP contribution < -0.4 is 59.7 Å². The van der Waals surface area contributed by atoms with Gasteiger partial charge in [-0.25, -0.2) is 4.79 Å². The predicted molar refractivity (Wildman–Crippen MR) is 257 cm³/mol. The van der Waals surface area contributed by atoms with Gasteiger partial charge in [0.2, 0.25) is 59.1 Å². The summed E-state index contributed by atoms with van der Waals surface area (Å²) in [4.78, 5) is 155. The van der Waals surface area contributed by atoms with Crippen molar-refractivity contribution in [2.45, 2.75) is 154 Å². The molecule has 0 aliphatic heterocycles. The minimum Gasteiger partial charge on any atom is -0.481 e. The first-order valence-electron chi connectivity index (χ1n) is 23.5. The number of carboxylic acids is 2. The van der Waals surface area contributed by atoms with Crippen LogP contribution in [0, 0.1) is 17.8 Å². The molecule has 0 aliphatic rings. The number of aliphatic hydroxyl groups excluding tert-OH is 1. The van der Waals surface area contributed by atoms with Gasteiger partial charge in [0.1, 0.15) is 48.3 Å². The van der Waals surface area contributed by atoms with Crippen molar-refractivity contribution >= 4 is 71.0 Å². The first-order valence-corrected chi connectivity index (χ1v) is 23.5. The number of primary amides is 2. The van der Waals surface area contributed by atoms with Gasteiger partial charge in [-0.3, -0.25) is 52.7 Å². The van der Waals surface area contributed by atoms with Crippen molar-refractivity contribution in [3.63, 3.8) is 0 Å². The third-order valence-electron chi connectivity index (χ3n) is 11.2. The number of carbonyl (C=O) groups is 12. The molecule has 0 unspecified atom stereocenters. The molecule has 1 aromatic carbocycles. The monoisotopic (exact) mass is 1020 g/mol. The average Bonchev–Trinajstić information content (AvgIpc) is 3.29. The van der Waals surface area contributed by atoms with Gasteiger partial charge in [0.05, 0.1) is 19.1 Å². The van der Waals surface area contributed by atoms with Crippen molar-refractivity contribution in [3.8, 4) is 0 Å². The number of benzene rings is 1. The van der Waals surface area contributed by atoms with E-state index in [-0.39, 0.29) is 25.2 Å². The highest BCUT2D eigenvalue weighted by Gasteiger charge is 2.36. The Morgan fingerprint density at radius 3 is 1.51 bits per heavy atom. The van der Waals surface area contributed by atoms with Gasteiger partial charge in [0, 0.05) is 19.3 Å². The van der Waals surface area contributed by atoms with Gasteiger partial charge >= 0.3 is 11.9 Å². The molecule has 1 aromatic rings. The van der Waals surface area contributed by atoms with E-state index in [1.165, 1.54) is 20.8 Å². The van der Waals surface area contributed by atoms with Crippen LogP contribution in [0.4, 0.5) is 0 Å². The number of hydrogen-bond donors (Lipinski definition) is 14. The number of carboxylic acid groups (broad SMARTS) is 2. The van der Waals surface area contributed by atoms with E-state index >= 15 is 0 Å². The Morgan fingerprint density at radius 1 is 0.542 bits per heavy atom. The maximum Gasteiger partial charge on any atom is 0.326 e. The molecule has 0 spiro atoms. The summed E-state index contributed by atoms with van der Waals surface area (Å²) >= 11 is 0. The number of aliphatic hydroxyl groups is 1. The molecule has 0 saturated heterocycles. The fourth-order valence-corrected chi connectivity index (χ4v) is 6.84. The molecule has 17 N–H and O–H groups in total. The summed E-state index contributed by atoms with van der Waals surface area (Å²) in [5.41, 5.74) is 16.6. The molecule has 10 atom stereocenters. The number of aliphatic carboxylic acids is 2. The molecule has 1 rings (SSSR count). The van der Waals surface area contributed by atoms with Crippen LogP contribution in [-0.4, -0.2) is 147 Å². The molecule has 0 aromatic heterocycles. The second kappa shape index (κ2) is 31.2. The van der Waals surface area contributed by atoms with E-state index in [4.69, 9.17) is 17.2 Å². The lowest BCUT2D eigenvalue weighted by molar-refractivity contribution is -0.143. The summed E-state index contributed by atoms with van der Waals surface area (Å²) in [6.07, 6.45) is -2.38. The van der Waals surface area contributed by atoms with E-state index in [0.717, 1.165) is 0 Å². The quantitative estimate of drug-likeness (QED) is 0.0322. The number of amides is 10. The van der Waals surface area contributed by atoms with Crippen molar-refractivity contribution < 1.29 is 72.9 Å². The fourth-order valence-electron chi connectivity index (χ4n) is 6.84. The SMILES string of the molecule is CC[C@H](C)[C@H](NC(=O)[C@H](Cc1ccccc1)NC(=O)[C@H](CO)NC(=O)[C@H](C)NC(=O)[C@H](CC(C)C)NC(=O)[C@@H](N)CC(N)=O)C(=O)N[C@@H](CCC(=O)O)C(=O)N[C@@H](CCC(N)=O)C(=O)N[C@H](C(=O)O)C(C)C. The average molecular weight is 1020 g/mol. The van der Waals surface area contributed by atoms with Crippen LogP contribution in [0.3, 0.4) is 0 Å². The highest BCUT2D eigenvalue weighted by Crippen LogP contribution is 2.13. The minimum absolute atomic E-state index is 0.0959. The molecule has 0 heterocycles. The van der Waals surface area contributed by atoms with Gasteiger partial charge in [-0.15, -0.1) is 0 Å². The van der Waals surface area contributed by atoms with Crippen molar-refractivity contribution in [1.82, 2.24) is 42.5 Å². The van der Waals surface area contributed by atoms with Crippen molar-refractivity contribution in [3.05, 3.63) is 35.9 Å². The number of nitrogens with two attached hydrogens (primary N) is 3. The van der Waals surface area contributed by atoms with E-state index in [0.29, 0.717) is 5.56 Å². The lowest BCUT2D eigenvalue weighted by Gasteiger charge is -2.29. The first kappa shape index (κ1) is 62.8. The Morgan fingerprint density at radius 2 is 1.01 bits per heavy atom. The molecule has 0 fully saturated rings. The Kier molecular flexibility index (Phi) is 27.2. The zero-order valence-corrected chi connectivity index (χ0v) is 41.7. The van der Waals surface area contributed by atoms with Gasteiger partial charge in [0.25, 0.3) is 0 Å². The van der Waals surface area contributed by atoms with E-state index in [1.54, 1.807) is 58.0 Å². The first-order chi connectivity index (χ1) is 33.6. The highest BCUT2D eigenvalue weighted by atomic mass is 16.4. The predicted octanol–water partition coefficient (Wildman–Crippen LogP) is -3.71. The van der Waals surface area contributed by atoms with Crippen molar-refractivity contribution in [2.24, 2.45) is 35.0 Å². The normalized spacial score (nSPS) is 15.3. The molecule has 0 aliphatic carbocycles. The Bertz CT molecular complexity index is 2070. The van der Waals surface area contributed by atoms with E-state index in [1.807, 2.05) is 0 Å². The summed E-state index contributed by atoms with van der Waals surface area (Å²) in [6.45, 7) is 10.1. The summed E-state index contributed by atoms with van der Waals surface area (Å²) < 4.78 is 0. The van der Waals surface area contributed by atoms with Crippen LogP contribution in [0.2, 0.25) is 0 Å². The molecule has 72 heavy (non-hydrogen) atoms. The zero-order chi connectivity index (χ0) is 55.0. The van der Waals surface area contributed by atoms with Gasteiger partial charge in [-0.2, -0.15) is 0 Å². The molecule has 26 nitrogen and oxygen atoms in total. The topological polar surface area (TPSA) is 440 Å². The lowest BCUT2D eigenvalue weighted by Crippen LogP contribution is -2.61. The largest absolute Gasteiger partial charge is 0.481 e. The summed E-state index contributed by atoms with van der Waals surface area (Å²) in [7, 11) is 0. The van der Waals surface area contributed by atoms with Crippen molar-refractivity contribution in [2.75, 3.05) is 6.61 Å². The van der Waals surface area contributed by atoms with Crippen LogP contribution in [0.5, 0.6) is 0 Å². The standard InChI is InChI=1S/C46H73N11O15/c1-8-24(6)37(45(70)52-29(15-17-35(61)62)40(65)51-28(14-16-33(48)59)41(66)56-36(23(4)5)46(71)72)57-43(68)31(19-26-12-10-9-11-13-26)54-44(69)32(21-58)55-38(63)25(7)50-42(67)30(18-22(2)3)53-39(64)27(47)20-34(49)60/h9-13,22-25,27-32,36-37,58H,8,14-21,47H2,1-7H3,(H2,48,59)(H2,49,60)(H,50,67)(H,51,65)(H,52,70)(H,53,64)(H,54,69)(H,55,63)(H,56,66)(H,57,68)(H,61,62)(H,71,72)/t24-,25-,27-,28-,29-,30-,31-,32-,36-,37-/m0/s1. The van der Waals surface area contributed by atoms with Crippen molar-refractivity contribution in [1.29, 1.82) is 0 Å². The number of rotatable bonds is 33. The van der Waals surface area contributed by atoms with E-state index in [9.17, 15) is 72.9 Å². The zero-order valence-electron chi connectivity index (χ0n) is 41.7. The molecule has 0 bridgehead atoms. The fraction of sp³-hybridized carbons (Fsp3) is 0.609. The van der Waals surface area contributed by atoms with Gasteiger partial charge < -0.3 is 75.1 Å². The molecule has 402 valence electrons. The Labute approximate surface area is 417 Å². The van der Waals surface area contributed by atoms with Crippen LogP contribution in [-0.2, 0) is 64.0 Å². The van der Waals surface area contributed by atoms with Crippen LogP contribution >= 0.6 is 0 Å². The molecule has 0 saturated carbocycles. The molecular weight excluding hydrogens is 947 g/mol. The number of carbonyl (C=O) groups excluding carboxylic acids is 10. The second-order valence-corrected chi connectivity index (χ2v) is 18.2. The highest BCUT2D eigenvalue weighted by molar-refractivity contribution is 5.98. The molecule has 0 radical (unpaired) electrons. The smallest absolute Gasteiger partial charge is 0.326 e. The Balaban J connectivity index is 3.44.